The van der Waals surface area contributed by atoms with Gasteiger partial charge in [0, 0.05) is 45.4 Å². The number of carbonyl (C=O) groups is 1. The highest BCUT2D eigenvalue weighted by Gasteiger charge is 2.06. The molecule has 2 aromatic rings. The summed E-state index contributed by atoms with van der Waals surface area (Å²) in [6.45, 7) is 3.87. The third-order valence-corrected chi connectivity index (χ3v) is 4.30. The number of aliphatic imine (C=N–C) groups is 1. The molecule has 2 rings (SSSR count). The highest BCUT2D eigenvalue weighted by molar-refractivity contribution is 14.0. The Hall–Kier alpha value is -2.11. The number of benzene rings is 1. The van der Waals surface area contributed by atoms with Crippen molar-refractivity contribution in [3.63, 3.8) is 0 Å². The average molecular weight is 543 g/mol. The second-order valence-corrected chi connectivity index (χ2v) is 7.10. The molecule has 0 unspecified atom stereocenters. The fraction of sp³-hybridized carbons (Fsp3) is 0.455. The maximum atomic E-state index is 12.3. The molecule has 0 bridgehead atoms. The number of hydrogen-bond acceptors (Lipinski definition) is 5. The molecule has 0 atom stereocenters. The van der Waals surface area contributed by atoms with Gasteiger partial charge in [-0.1, -0.05) is 12.1 Å². The minimum atomic E-state index is -0.0595. The van der Waals surface area contributed by atoms with E-state index < -0.39 is 0 Å². The lowest BCUT2D eigenvalue weighted by Gasteiger charge is -2.13. The van der Waals surface area contributed by atoms with Gasteiger partial charge in [-0.3, -0.25) is 9.79 Å². The molecule has 3 N–H and O–H groups in total. The molecule has 0 aliphatic rings. The summed E-state index contributed by atoms with van der Waals surface area (Å²) in [6, 6.07) is 11.3. The van der Waals surface area contributed by atoms with Crippen LogP contribution in [0.15, 0.2) is 52.1 Å². The predicted molar refractivity (Wildman–Crippen MR) is 134 cm³/mol. The Labute approximate surface area is 201 Å². The standard InChI is InChI=1S/C22H33N5O3.HI/c1-23-22(25-10-6-13-29-17-20-9-5-14-30-20)26-16-18-7-4-8-19(15-18)21(28)24-11-12-27(2)3;/h4-5,7-9,14-15H,6,10-13,16-17H2,1-3H3,(H,24,28)(H2,23,25,26);1H. The van der Waals surface area contributed by atoms with Crippen LogP contribution in [0.25, 0.3) is 0 Å². The van der Waals surface area contributed by atoms with Crippen LogP contribution < -0.4 is 16.0 Å². The van der Waals surface area contributed by atoms with Crippen molar-refractivity contribution in [3.05, 3.63) is 59.5 Å². The smallest absolute Gasteiger partial charge is 0.251 e. The Morgan fingerprint density at radius 3 is 2.68 bits per heavy atom. The first-order valence-corrected chi connectivity index (χ1v) is 10.1. The van der Waals surface area contributed by atoms with Crippen molar-refractivity contribution in [2.24, 2.45) is 4.99 Å². The largest absolute Gasteiger partial charge is 0.467 e. The lowest BCUT2D eigenvalue weighted by Crippen LogP contribution is -2.37. The molecule has 0 aliphatic carbocycles. The Morgan fingerprint density at radius 2 is 1.97 bits per heavy atom. The van der Waals surface area contributed by atoms with Gasteiger partial charge < -0.3 is 30.0 Å². The molecule has 8 nitrogen and oxygen atoms in total. The number of likely N-dealkylation sites (N-methyl/N-ethyl adjacent to an activating group) is 1. The maximum Gasteiger partial charge on any atom is 0.251 e. The second-order valence-electron chi connectivity index (χ2n) is 7.10. The lowest BCUT2D eigenvalue weighted by molar-refractivity contribution is 0.0951. The van der Waals surface area contributed by atoms with E-state index in [9.17, 15) is 4.79 Å². The van der Waals surface area contributed by atoms with Gasteiger partial charge in [-0.15, -0.1) is 24.0 Å². The van der Waals surface area contributed by atoms with Crippen LogP contribution >= 0.6 is 24.0 Å². The van der Waals surface area contributed by atoms with Gasteiger partial charge in [0.2, 0.25) is 0 Å². The van der Waals surface area contributed by atoms with Crippen LogP contribution in [0.1, 0.15) is 28.1 Å². The van der Waals surface area contributed by atoms with Crippen molar-refractivity contribution >= 4 is 35.8 Å². The van der Waals surface area contributed by atoms with Gasteiger partial charge >= 0.3 is 0 Å². The van der Waals surface area contributed by atoms with E-state index in [2.05, 4.69) is 20.9 Å². The van der Waals surface area contributed by atoms with E-state index in [-0.39, 0.29) is 29.9 Å². The van der Waals surface area contributed by atoms with Crippen LogP contribution in [0.5, 0.6) is 0 Å². The zero-order valence-electron chi connectivity index (χ0n) is 18.5. The first-order valence-electron chi connectivity index (χ1n) is 10.1. The van der Waals surface area contributed by atoms with Crippen molar-refractivity contribution in [3.8, 4) is 0 Å². The number of amides is 1. The van der Waals surface area contributed by atoms with E-state index in [1.165, 1.54) is 0 Å². The normalized spacial score (nSPS) is 11.2. The Balaban J connectivity index is 0.00000480. The lowest BCUT2D eigenvalue weighted by atomic mass is 10.1. The summed E-state index contributed by atoms with van der Waals surface area (Å²) in [5, 5.41) is 9.46. The Morgan fingerprint density at radius 1 is 1.13 bits per heavy atom. The van der Waals surface area contributed by atoms with Crippen molar-refractivity contribution in [1.29, 1.82) is 0 Å². The molecular weight excluding hydrogens is 509 g/mol. The van der Waals surface area contributed by atoms with Crippen LogP contribution in [-0.2, 0) is 17.9 Å². The summed E-state index contributed by atoms with van der Waals surface area (Å²) in [5.41, 5.74) is 1.67. The fourth-order valence-corrected chi connectivity index (χ4v) is 2.67. The van der Waals surface area contributed by atoms with Gasteiger partial charge in [-0.2, -0.15) is 0 Å². The molecule has 0 spiro atoms. The third kappa shape index (κ3) is 11.2. The zero-order chi connectivity index (χ0) is 21.6. The number of furan rings is 1. The van der Waals surface area contributed by atoms with Crippen LogP contribution in [0.2, 0.25) is 0 Å². The molecule has 0 radical (unpaired) electrons. The van der Waals surface area contributed by atoms with Crippen LogP contribution in [0, 0.1) is 0 Å². The molecule has 1 aromatic carbocycles. The number of rotatable bonds is 12. The number of hydrogen-bond donors (Lipinski definition) is 3. The molecule has 0 saturated carbocycles. The van der Waals surface area contributed by atoms with E-state index in [1.807, 2.05) is 55.4 Å². The van der Waals surface area contributed by atoms with Gasteiger partial charge in [0.05, 0.1) is 6.26 Å². The SMILES string of the molecule is CN=C(NCCCOCc1ccco1)NCc1cccc(C(=O)NCCN(C)C)c1.I. The van der Waals surface area contributed by atoms with E-state index >= 15 is 0 Å². The van der Waals surface area contributed by atoms with Gasteiger partial charge in [0.1, 0.15) is 12.4 Å². The van der Waals surface area contributed by atoms with Crippen molar-refractivity contribution < 1.29 is 13.9 Å². The predicted octanol–water partition coefficient (Wildman–Crippen LogP) is 2.46. The first-order chi connectivity index (χ1) is 14.6. The summed E-state index contributed by atoms with van der Waals surface area (Å²) in [6.07, 6.45) is 2.49. The van der Waals surface area contributed by atoms with E-state index in [4.69, 9.17) is 9.15 Å². The molecule has 31 heavy (non-hydrogen) atoms. The molecule has 1 amide bonds. The number of halogens is 1. The highest BCUT2D eigenvalue weighted by Crippen LogP contribution is 2.05. The number of guanidine groups is 1. The van der Waals surface area contributed by atoms with Gasteiger partial charge in [-0.25, -0.2) is 0 Å². The summed E-state index contributed by atoms with van der Waals surface area (Å²) in [5.74, 6) is 1.48. The molecule has 9 heteroatoms. The van der Waals surface area contributed by atoms with Gasteiger partial charge in [-0.05, 0) is 50.3 Å². The summed E-state index contributed by atoms with van der Waals surface area (Å²) in [4.78, 5) is 18.5. The number of ether oxygens (including phenoxy) is 1. The molecule has 1 heterocycles. The summed E-state index contributed by atoms with van der Waals surface area (Å²) >= 11 is 0. The molecule has 1 aromatic heterocycles. The number of nitrogens with zero attached hydrogens (tertiary/aromatic N) is 2. The quantitative estimate of drug-likeness (QED) is 0.165. The molecule has 0 aliphatic heterocycles. The second kappa shape index (κ2) is 15.7. The summed E-state index contributed by atoms with van der Waals surface area (Å²) < 4.78 is 10.8. The minimum Gasteiger partial charge on any atom is -0.467 e. The zero-order valence-corrected chi connectivity index (χ0v) is 20.8. The monoisotopic (exact) mass is 543 g/mol. The van der Waals surface area contributed by atoms with E-state index in [1.54, 1.807) is 13.3 Å². The molecule has 172 valence electrons. The topological polar surface area (TPSA) is 91.1 Å². The number of nitrogens with one attached hydrogen (secondary N) is 3. The molecular formula is C22H34IN5O3. The minimum absolute atomic E-state index is 0. The van der Waals surface area contributed by atoms with Gasteiger partial charge in [0.15, 0.2) is 5.96 Å². The van der Waals surface area contributed by atoms with Gasteiger partial charge in [0.25, 0.3) is 5.91 Å². The van der Waals surface area contributed by atoms with Crippen molar-refractivity contribution in [2.75, 3.05) is 47.4 Å². The van der Waals surface area contributed by atoms with Crippen LogP contribution in [-0.4, -0.2) is 64.2 Å². The highest BCUT2D eigenvalue weighted by atomic mass is 127. The maximum absolute atomic E-state index is 12.3. The van der Waals surface area contributed by atoms with Crippen molar-refractivity contribution in [2.45, 2.75) is 19.6 Å². The van der Waals surface area contributed by atoms with E-state index in [0.29, 0.717) is 37.8 Å². The van der Waals surface area contributed by atoms with E-state index in [0.717, 1.165) is 30.8 Å². The Bertz CT molecular complexity index is 781. The van der Waals surface area contributed by atoms with Crippen molar-refractivity contribution in [1.82, 2.24) is 20.9 Å². The van der Waals surface area contributed by atoms with Crippen LogP contribution in [0.3, 0.4) is 0 Å². The third-order valence-electron chi connectivity index (χ3n) is 4.30. The molecule has 0 fully saturated rings. The van der Waals surface area contributed by atoms with Crippen LogP contribution in [0.4, 0.5) is 0 Å². The Kier molecular flexibility index (Phi) is 13.6. The summed E-state index contributed by atoms with van der Waals surface area (Å²) in [7, 11) is 5.69. The fourth-order valence-electron chi connectivity index (χ4n) is 2.67. The number of carbonyl (C=O) groups excluding carboxylic acids is 1. The first kappa shape index (κ1) is 26.9. The average Bonchev–Trinajstić information content (AvgIpc) is 3.26. The molecule has 0 saturated heterocycles.